The second-order valence-corrected chi connectivity index (χ2v) is 19.2. The number of hydrogen-bond acceptors (Lipinski definition) is 12. The maximum Gasteiger partial charge on any atom is 0.445 e. The normalized spacial score (nSPS) is 16.0. The number of carboxylic acids is 1. The number of carbonyl (C=O) groups is 6. The number of benzene rings is 3. The lowest BCUT2D eigenvalue weighted by molar-refractivity contribution is -0.139. The molecule has 1 fully saturated rings. The Morgan fingerprint density at radius 3 is 1.89 bits per heavy atom. The first-order valence-electron chi connectivity index (χ1n) is 23.7. The topological polar surface area (TPSA) is 308 Å². The van der Waals surface area contributed by atoms with E-state index in [-0.39, 0.29) is 44.3 Å². The predicted octanol–water partition coefficient (Wildman–Crippen LogP) is 1.31. The summed E-state index contributed by atoms with van der Waals surface area (Å²) < 4.78 is 12.4. The molecule has 3 unspecified atom stereocenters. The minimum atomic E-state index is -2.05. The SMILES string of the molecule is CCNC(=O)NC(CCCCN(Cc1ccc(C)cc1)C(=O)c1ccc(CNC(=S)Nc2ccc(CC3CN(C[P+](N)=O)CCN(CC(N)=O)CCN(CC(N)=O)CCN3CC(N)=O)cc2)cc1)C(=O)O. The quantitative estimate of drug-likeness (QED) is 0.0347. The Morgan fingerprint density at radius 2 is 1.32 bits per heavy atom. The van der Waals surface area contributed by atoms with Gasteiger partial charge < -0.3 is 48.5 Å². The lowest BCUT2D eigenvalue weighted by Crippen LogP contribution is -2.53. The number of nitrogens with one attached hydrogen (secondary N) is 4. The van der Waals surface area contributed by atoms with Crippen LogP contribution in [0.25, 0.3) is 0 Å². The molecule has 1 aliphatic rings. The van der Waals surface area contributed by atoms with Crippen LogP contribution in [0.3, 0.4) is 0 Å². The van der Waals surface area contributed by atoms with Gasteiger partial charge in [0.25, 0.3) is 5.91 Å². The zero-order valence-electron chi connectivity index (χ0n) is 40.7. The van der Waals surface area contributed by atoms with Gasteiger partial charge in [0.15, 0.2) is 5.11 Å². The fraction of sp³-hybridized carbons (Fsp3) is 0.479. The highest BCUT2D eigenvalue weighted by Gasteiger charge is 2.29. The number of carboxylic acid groups (broad SMARTS) is 1. The fourth-order valence-electron chi connectivity index (χ4n) is 8.18. The minimum Gasteiger partial charge on any atom is -0.480 e. The second kappa shape index (κ2) is 29.9. The molecule has 1 saturated heterocycles. The number of urea groups is 1. The van der Waals surface area contributed by atoms with E-state index in [1.54, 1.807) is 24.0 Å². The Hall–Kier alpha value is -6.13. The molecule has 71 heavy (non-hydrogen) atoms. The van der Waals surface area contributed by atoms with Gasteiger partial charge in [-0.3, -0.25) is 38.8 Å². The van der Waals surface area contributed by atoms with Crippen LogP contribution in [0.4, 0.5) is 10.5 Å². The molecule has 1 heterocycles. The van der Waals surface area contributed by atoms with Gasteiger partial charge in [-0.1, -0.05) is 54.1 Å². The van der Waals surface area contributed by atoms with Gasteiger partial charge in [-0.25, -0.2) is 9.59 Å². The summed E-state index contributed by atoms with van der Waals surface area (Å²) in [5.41, 5.74) is 27.8. The Labute approximate surface area is 422 Å². The number of nitrogens with two attached hydrogens (primary N) is 4. The van der Waals surface area contributed by atoms with E-state index in [1.807, 2.05) is 87.2 Å². The number of rotatable bonds is 24. The number of primary amides is 3. The second-order valence-electron chi connectivity index (χ2n) is 17.7. The Balaban J connectivity index is 1.39. The Bertz CT molecular complexity index is 2260. The smallest absolute Gasteiger partial charge is 0.445 e. The molecular formula is C48H71N13O8PS+. The van der Waals surface area contributed by atoms with Crippen LogP contribution in [0.2, 0.25) is 0 Å². The van der Waals surface area contributed by atoms with Crippen molar-refractivity contribution in [3.63, 3.8) is 0 Å². The summed E-state index contributed by atoms with van der Waals surface area (Å²) >= 11 is 5.63. The van der Waals surface area contributed by atoms with Crippen molar-refractivity contribution in [1.29, 1.82) is 0 Å². The number of amides is 6. The van der Waals surface area contributed by atoms with E-state index in [2.05, 4.69) is 21.3 Å². The molecule has 0 radical (unpaired) electrons. The van der Waals surface area contributed by atoms with Gasteiger partial charge in [0.2, 0.25) is 24.0 Å². The summed E-state index contributed by atoms with van der Waals surface area (Å²) in [4.78, 5) is 83.4. The van der Waals surface area contributed by atoms with Gasteiger partial charge in [0.1, 0.15) is 6.04 Å². The highest BCUT2D eigenvalue weighted by molar-refractivity contribution is 7.80. The molecule has 3 aromatic rings. The van der Waals surface area contributed by atoms with Gasteiger partial charge in [0, 0.05) is 89.3 Å². The van der Waals surface area contributed by atoms with Crippen molar-refractivity contribution >= 4 is 66.6 Å². The summed E-state index contributed by atoms with van der Waals surface area (Å²) in [7, 11) is -2.05. The first-order chi connectivity index (χ1) is 33.9. The molecule has 3 aromatic carbocycles. The summed E-state index contributed by atoms with van der Waals surface area (Å²) in [5, 5.41) is 21.5. The third-order valence-corrected chi connectivity index (χ3v) is 12.8. The number of anilines is 1. The van der Waals surface area contributed by atoms with Gasteiger partial charge >= 0.3 is 20.0 Å². The van der Waals surface area contributed by atoms with Crippen LogP contribution in [0.15, 0.2) is 72.8 Å². The van der Waals surface area contributed by atoms with Gasteiger partial charge in [0.05, 0.1) is 19.6 Å². The van der Waals surface area contributed by atoms with E-state index in [9.17, 15) is 38.4 Å². The molecule has 13 N–H and O–H groups in total. The molecule has 3 atom stereocenters. The molecule has 0 saturated carbocycles. The molecular weight excluding hydrogens is 950 g/mol. The van der Waals surface area contributed by atoms with E-state index in [4.69, 9.17) is 34.9 Å². The largest absolute Gasteiger partial charge is 0.480 e. The minimum absolute atomic E-state index is 0.000303. The van der Waals surface area contributed by atoms with Gasteiger partial charge in [-0.15, -0.1) is 5.50 Å². The zero-order valence-corrected chi connectivity index (χ0v) is 42.4. The lowest BCUT2D eigenvalue weighted by atomic mass is 10.0. The average molecular weight is 1020 g/mol. The van der Waals surface area contributed by atoms with E-state index in [0.717, 1.165) is 27.9 Å². The zero-order chi connectivity index (χ0) is 51.9. The number of aryl methyl sites for hydroxylation is 1. The molecule has 0 aromatic heterocycles. The number of unbranched alkanes of at least 4 members (excludes halogenated alkanes) is 1. The maximum absolute atomic E-state index is 13.9. The summed E-state index contributed by atoms with van der Waals surface area (Å²) in [6.45, 7) is 7.94. The van der Waals surface area contributed by atoms with Crippen LogP contribution in [0.1, 0.15) is 58.8 Å². The van der Waals surface area contributed by atoms with Gasteiger partial charge in [-0.05, 0) is 97.3 Å². The maximum atomic E-state index is 13.9. The molecule has 6 amide bonds. The molecule has 1 aliphatic heterocycles. The van der Waals surface area contributed by atoms with Crippen molar-refractivity contribution in [2.75, 3.05) is 90.1 Å². The van der Waals surface area contributed by atoms with Crippen molar-refractivity contribution in [3.8, 4) is 0 Å². The van der Waals surface area contributed by atoms with E-state index < -0.39 is 43.7 Å². The molecule has 0 aliphatic carbocycles. The number of carbonyl (C=O) groups excluding carboxylic acids is 5. The van der Waals surface area contributed by atoms with Crippen molar-refractivity contribution in [2.45, 2.75) is 64.7 Å². The van der Waals surface area contributed by atoms with Gasteiger partial charge in [-0.2, -0.15) is 0 Å². The van der Waals surface area contributed by atoms with E-state index in [1.165, 1.54) is 0 Å². The van der Waals surface area contributed by atoms with Crippen LogP contribution in [-0.4, -0.2) is 167 Å². The van der Waals surface area contributed by atoms with Crippen molar-refractivity contribution in [3.05, 3.63) is 101 Å². The van der Waals surface area contributed by atoms with Crippen LogP contribution in [0.5, 0.6) is 0 Å². The van der Waals surface area contributed by atoms with Crippen LogP contribution in [-0.2, 0) is 43.3 Å². The number of nitrogens with zero attached hydrogens (tertiary/aromatic N) is 5. The van der Waals surface area contributed by atoms with Crippen LogP contribution < -0.4 is 44.0 Å². The third kappa shape index (κ3) is 21.8. The van der Waals surface area contributed by atoms with E-state index >= 15 is 0 Å². The number of thiocarbonyl (C=S) groups is 1. The molecule has 23 heteroatoms. The summed E-state index contributed by atoms with van der Waals surface area (Å²) in [6, 6.07) is 21.0. The number of aliphatic carboxylic acids is 1. The average Bonchev–Trinajstić information content (AvgIpc) is 3.30. The Kier molecular flexibility index (Phi) is 24.2. The highest BCUT2D eigenvalue weighted by atomic mass is 32.1. The monoisotopic (exact) mass is 1020 g/mol. The third-order valence-electron chi connectivity index (χ3n) is 11.8. The van der Waals surface area contributed by atoms with Crippen LogP contribution >= 0.6 is 20.2 Å². The molecule has 4 rings (SSSR count). The highest BCUT2D eigenvalue weighted by Crippen LogP contribution is 2.19. The summed E-state index contributed by atoms with van der Waals surface area (Å²) in [5.74, 6) is -2.82. The van der Waals surface area contributed by atoms with Crippen LogP contribution in [0, 0.1) is 6.92 Å². The molecule has 386 valence electrons. The molecule has 0 bridgehead atoms. The number of hydrogen-bond donors (Lipinski definition) is 9. The molecule has 21 nitrogen and oxygen atoms in total. The van der Waals surface area contributed by atoms with Crippen molar-refractivity contribution in [1.82, 2.24) is 40.4 Å². The van der Waals surface area contributed by atoms with Crippen molar-refractivity contribution < 1.29 is 38.4 Å². The lowest BCUT2D eigenvalue weighted by Gasteiger charge is -2.37. The summed E-state index contributed by atoms with van der Waals surface area (Å²) in [6.07, 6.45) is 1.79. The Morgan fingerprint density at radius 1 is 0.761 bits per heavy atom. The van der Waals surface area contributed by atoms with Crippen molar-refractivity contribution in [2.24, 2.45) is 22.7 Å². The first kappa shape index (κ1) is 57.4. The standard InChI is InChI=1S/C48H70N13O8PS/c1-3-53-47(68)56-41(46(66)67)6-4-5-19-61(28-37-9-7-34(2)8-10-37)45(65)38-15-11-36(12-16-38)27-54-48(71)55-39-17-13-35(14-18-39)26-40-29-59(33-70(52)69)23-22-57(30-42(49)62)20-21-58(31-43(50)63)24-25-60(40)32-44(51)64/h7-18,40-41H,3-6,19-33H2,1-2H3,(H12-,49,50,51,52,53,54,55,56,62,63,64,66,67,68,69,71)/p+1. The fourth-order valence-corrected chi connectivity index (χ4v) is 9.02. The van der Waals surface area contributed by atoms with E-state index in [0.29, 0.717) is 102 Å². The predicted molar refractivity (Wildman–Crippen MR) is 277 cm³/mol. The first-order valence-corrected chi connectivity index (χ1v) is 25.6. The molecule has 0 spiro atoms.